The van der Waals surface area contributed by atoms with Gasteiger partial charge in [-0.2, -0.15) is 0 Å². The normalized spacial score (nSPS) is 18.2. The first-order chi connectivity index (χ1) is 17.5. The van der Waals surface area contributed by atoms with Gasteiger partial charge >= 0.3 is 0 Å². The Kier molecular flexibility index (Phi) is 6.90. The van der Waals surface area contributed by atoms with Crippen molar-refractivity contribution in [3.8, 4) is 5.75 Å². The van der Waals surface area contributed by atoms with Crippen molar-refractivity contribution in [3.63, 3.8) is 0 Å². The molecular weight excluding hydrogens is 473 g/mol. The highest BCUT2D eigenvalue weighted by Crippen LogP contribution is 2.44. The number of rotatable bonds is 8. The molecule has 1 saturated heterocycles. The molecule has 1 fully saturated rings. The summed E-state index contributed by atoms with van der Waals surface area (Å²) in [5.74, 6) is 0.219. The van der Waals surface area contributed by atoms with Gasteiger partial charge in [-0.25, -0.2) is 12.8 Å². The zero-order valence-corrected chi connectivity index (χ0v) is 20.7. The first-order valence-electron chi connectivity index (χ1n) is 12.0. The highest BCUT2D eigenvalue weighted by atomic mass is 32.2. The first kappa shape index (κ1) is 24.2. The van der Waals surface area contributed by atoms with Crippen molar-refractivity contribution in [3.05, 3.63) is 132 Å². The van der Waals surface area contributed by atoms with Gasteiger partial charge in [-0.3, -0.25) is 4.90 Å². The molecule has 0 aromatic heterocycles. The number of halogens is 1. The maximum atomic E-state index is 14.1. The number of sulfone groups is 1. The Bertz CT molecular complexity index is 1390. The van der Waals surface area contributed by atoms with E-state index in [-0.39, 0.29) is 4.90 Å². The van der Waals surface area contributed by atoms with E-state index in [1.54, 1.807) is 0 Å². The Hall–Kier alpha value is -3.48. The number of hydrogen-bond donors (Lipinski definition) is 0. The van der Waals surface area contributed by atoms with Crippen LogP contribution in [0.2, 0.25) is 0 Å². The average Bonchev–Trinajstić information content (AvgIpc) is 3.35. The quantitative estimate of drug-likeness (QED) is 0.279. The molecule has 4 aromatic carbocycles. The van der Waals surface area contributed by atoms with E-state index in [2.05, 4.69) is 4.90 Å². The molecule has 0 amide bonds. The van der Waals surface area contributed by atoms with Crippen molar-refractivity contribution in [1.29, 1.82) is 0 Å². The summed E-state index contributed by atoms with van der Waals surface area (Å²) in [7, 11) is -3.81. The van der Waals surface area contributed by atoms with Crippen LogP contribution >= 0.6 is 0 Å². The number of ether oxygens (including phenoxy) is 1. The van der Waals surface area contributed by atoms with E-state index in [0.717, 1.165) is 16.7 Å². The first-order valence-corrected chi connectivity index (χ1v) is 13.5. The van der Waals surface area contributed by atoms with Gasteiger partial charge in [-0.15, -0.1) is 0 Å². The van der Waals surface area contributed by atoms with Gasteiger partial charge < -0.3 is 4.74 Å². The van der Waals surface area contributed by atoms with Gasteiger partial charge in [0.1, 0.15) is 22.9 Å². The van der Waals surface area contributed by atoms with E-state index >= 15 is 0 Å². The molecule has 5 rings (SSSR count). The second kappa shape index (κ2) is 10.2. The van der Waals surface area contributed by atoms with Crippen molar-refractivity contribution >= 4 is 9.84 Å². The van der Waals surface area contributed by atoms with Crippen LogP contribution in [0.25, 0.3) is 0 Å². The summed E-state index contributed by atoms with van der Waals surface area (Å²) in [4.78, 5) is 2.31. The average molecular weight is 502 g/mol. The summed E-state index contributed by atoms with van der Waals surface area (Å²) in [5.41, 5.74) is 2.91. The molecule has 1 heterocycles. The van der Waals surface area contributed by atoms with Gasteiger partial charge in [-0.1, -0.05) is 72.8 Å². The van der Waals surface area contributed by atoms with E-state index in [1.807, 2.05) is 84.9 Å². The summed E-state index contributed by atoms with van der Waals surface area (Å²) in [5, 5.41) is 0. The fourth-order valence-corrected chi connectivity index (χ4v) is 6.98. The molecular formula is C30H28FNO3S. The standard InChI is InChI=1S/C30H28FNO3S/c31-27-13-17-29(18-14-27)36(33,34)30(19-20-32(23-30)21-24-7-3-1-4-8-24)26-11-15-28(16-12-26)35-22-25-9-5-2-6-10-25/h1-18H,19-23H2. The molecule has 1 aliphatic rings. The third-order valence-corrected chi connectivity index (χ3v) is 9.32. The lowest BCUT2D eigenvalue weighted by Crippen LogP contribution is -2.39. The molecule has 36 heavy (non-hydrogen) atoms. The van der Waals surface area contributed by atoms with Crippen molar-refractivity contribution in [1.82, 2.24) is 4.90 Å². The van der Waals surface area contributed by atoms with Crippen LogP contribution in [0.1, 0.15) is 23.1 Å². The lowest BCUT2D eigenvalue weighted by Gasteiger charge is -2.30. The SMILES string of the molecule is O=S(=O)(c1ccc(F)cc1)C1(c2ccc(OCc3ccccc3)cc2)CCN(Cc2ccccc2)C1. The molecule has 0 aliphatic carbocycles. The molecule has 6 heteroatoms. The zero-order chi connectivity index (χ0) is 25.0. The monoisotopic (exact) mass is 501 g/mol. The number of likely N-dealkylation sites (tertiary alicyclic amines) is 1. The van der Waals surface area contributed by atoms with E-state index in [1.165, 1.54) is 24.3 Å². The molecule has 1 aliphatic heterocycles. The Morgan fingerprint density at radius 1 is 0.778 bits per heavy atom. The number of benzene rings is 4. The summed E-state index contributed by atoms with van der Waals surface area (Å²) in [6.07, 6.45) is 0.448. The molecule has 0 spiro atoms. The maximum absolute atomic E-state index is 14.1. The van der Waals surface area contributed by atoms with Crippen molar-refractivity contribution in [2.45, 2.75) is 29.2 Å². The second-order valence-electron chi connectivity index (χ2n) is 9.20. The minimum absolute atomic E-state index is 0.134. The van der Waals surface area contributed by atoms with Crippen molar-refractivity contribution in [2.24, 2.45) is 0 Å². The van der Waals surface area contributed by atoms with Crippen molar-refractivity contribution in [2.75, 3.05) is 13.1 Å². The Morgan fingerprint density at radius 3 is 2.03 bits per heavy atom. The molecule has 0 radical (unpaired) electrons. The highest BCUT2D eigenvalue weighted by molar-refractivity contribution is 7.92. The van der Waals surface area contributed by atoms with Gasteiger partial charge in [0.05, 0.1) is 4.90 Å². The van der Waals surface area contributed by atoms with Gasteiger partial charge in [0.2, 0.25) is 0 Å². The van der Waals surface area contributed by atoms with Crippen LogP contribution in [0.5, 0.6) is 5.75 Å². The third-order valence-electron chi connectivity index (χ3n) is 6.83. The van der Waals surface area contributed by atoms with E-state index in [0.29, 0.717) is 38.4 Å². The summed E-state index contributed by atoms with van der Waals surface area (Å²) in [6, 6.07) is 32.5. The predicted octanol–water partition coefficient (Wildman–Crippen LogP) is 5.98. The molecule has 4 nitrogen and oxygen atoms in total. The molecule has 0 saturated carbocycles. The Balaban J connectivity index is 1.45. The zero-order valence-electron chi connectivity index (χ0n) is 19.9. The van der Waals surface area contributed by atoms with Crippen LogP contribution in [-0.4, -0.2) is 26.4 Å². The maximum Gasteiger partial charge on any atom is 0.189 e. The molecule has 0 N–H and O–H groups in total. The summed E-state index contributed by atoms with van der Waals surface area (Å²) < 4.78 is 46.5. The van der Waals surface area contributed by atoms with Gasteiger partial charge in [0, 0.05) is 19.6 Å². The smallest absolute Gasteiger partial charge is 0.189 e. The molecule has 1 unspecified atom stereocenters. The number of hydrogen-bond acceptors (Lipinski definition) is 4. The van der Waals surface area contributed by atoms with Crippen LogP contribution in [0, 0.1) is 5.82 Å². The molecule has 0 bridgehead atoms. The molecule has 4 aromatic rings. The number of nitrogens with zero attached hydrogens (tertiary/aromatic N) is 1. The fourth-order valence-electron chi connectivity index (χ4n) is 4.88. The third kappa shape index (κ3) is 4.92. The summed E-state index contributed by atoms with van der Waals surface area (Å²) in [6.45, 7) is 2.09. The van der Waals surface area contributed by atoms with E-state index < -0.39 is 20.4 Å². The lowest BCUT2D eigenvalue weighted by molar-refractivity contribution is 0.305. The van der Waals surface area contributed by atoms with Crippen LogP contribution in [0.3, 0.4) is 0 Å². The van der Waals surface area contributed by atoms with Gasteiger partial charge in [0.25, 0.3) is 0 Å². The molecule has 1 atom stereocenters. The minimum Gasteiger partial charge on any atom is -0.489 e. The van der Waals surface area contributed by atoms with E-state index in [4.69, 9.17) is 4.74 Å². The fraction of sp³-hybridized carbons (Fsp3) is 0.200. The van der Waals surface area contributed by atoms with Gasteiger partial charge in [0.15, 0.2) is 9.84 Å². The van der Waals surface area contributed by atoms with Crippen molar-refractivity contribution < 1.29 is 17.5 Å². The molecule has 184 valence electrons. The largest absolute Gasteiger partial charge is 0.489 e. The van der Waals surface area contributed by atoms with Crippen LogP contribution < -0.4 is 4.74 Å². The topological polar surface area (TPSA) is 46.6 Å². The predicted molar refractivity (Wildman–Crippen MR) is 139 cm³/mol. The summed E-state index contributed by atoms with van der Waals surface area (Å²) >= 11 is 0. The Morgan fingerprint density at radius 2 is 1.39 bits per heavy atom. The highest BCUT2D eigenvalue weighted by Gasteiger charge is 2.50. The Labute approximate surface area is 211 Å². The lowest BCUT2D eigenvalue weighted by atomic mass is 9.97. The van der Waals surface area contributed by atoms with Gasteiger partial charge in [-0.05, 0) is 59.5 Å². The van der Waals surface area contributed by atoms with E-state index in [9.17, 15) is 12.8 Å². The van der Waals surface area contributed by atoms with Crippen LogP contribution in [0.15, 0.2) is 114 Å². The minimum atomic E-state index is -3.81. The van der Waals surface area contributed by atoms with Crippen LogP contribution in [0.4, 0.5) is 4.39 Å². The second-order valence-corrected chi connectivity index (χ2v) is 11.5. The van der Waals surface area contributed by atoms with Crippen LogP contribution in [-0.2, 0) is 27.7 Å².